The lowest BCUT2D eigenvalue weighted by Crippen LogP contribution is -2.50. The smallest absolute Gasteiger partial charge is 0.276 e. The topological polar surface area (TPSA) is 93.0 Å². The first-order valence-corrected chi connectivity index (χ1v) is 12.2. The van der Waals surface area contributed by atoms with E-state index < -0.39 is 10.0 Å². The largest absolute Gasteiger partial charge is 0.489 e. The van der Waals surface area contributed by atoms with Crippen LogP contribution in [0.2, 0.25) is 0 Å². The second kappa shape index (κ2) is 9.36. The van der Waals surface area contributed by atoms with Crippen molar-refractivity contribution >= 4 is 15.9 Å². The van der Waals surface area contributed by atoms with E-state index in [9.17, 15) is 13.2 Å². The van der Waals surface area contributed by atoms with Gasteiger partial charge in [-0.25, -0.2) is 8.42 Å². The van der Waals surface area contributed by atoms with Crippen molar-refractivity contribution in [1.29, 1.82) is 0 Å². The van der Waals surface area contributed by atoms with Crippen LogP contribution in [-0.4, -0.2) is 54.9 Å². The van der Waals surface area contributed by atoms with Gasteiger partial charge in [-0.15, -0.1) is 0 Å². The van der Waals surface area contributed by atoms with E-state index in [-0.39, 0.29) is 49.3 Å². The minimum absolute atomic E-state index is 0.154. The van der Waals surface area contributed by atoms with E-state index in [1.165, 1.54) is 4.31 Å². The normalized spacial score (nSPS) is 14.9. The second-order valence-corrected chi connectivity index (χ2v) is 10.1. The Hall–Kier alpha value is -3.17. The quantitative estimate of drug-likeness (QED) is 0.550. The number of benzene rings is 2. The number of rotatable bonds is 6. The van der Waals surface area contributed by atoms with Gasteiger partial charge in [0.1, 0.15) is 18.1 Å². The minimum Gasteiger partial charge on any atom is -0.489 e. The molecule has 8 nitrogen and oxygen atoms in total. The highest BCUT2D eigenvalue weighted by Gasteiger charge is 2.32. The Balaban J connectivity index is 1.42. The van der Waals surface area contributed by atoms with Crippen molar-refractivity contribution in [3.05, 3.63) is 76.7 Å². The number of hydrogen-bond acceptors (Lipinski definition) is 6. The molecule has 1 aliphatic rings. The van der Waals surface area contributed by atoms with E-state index in [1.807, 2.05) is 38.1 Å². The van der Waals surface area contributed by atoms with Crippen molar-refractivity contribution in [1.82, 2.24) is 14.4 Å². The Labute approximate surface area is 193 Å². The first kappa shape index (κ1) is 23.0. The van der Waals surface area contributed by atoms with E-state index in [1.54, 1.807) is 36.1 Å². The lowest BCUT2D eigenvalue weighted by atomic mass is 10.1. The Kier molecular flexibility index (Phi) is 6.53. The third kappa shape index (κ3) is 4.94. The fraction of sp³-hybridized carbons (Fsp3) is 0.333. The average molecular weight is 470 g/mol. The van der Waals surface area contributed by atoms with Gasteiger partial charge in [-0.2, -0.15) is 4.31 Å². The fourth-order valence-corrected chi connectivity index (χ4v) is 5.08. The first-order chi connectivity index (χ1) is 15.8. The van der Waals surface area contributed by atoms with Gasteiger partial charge in [0.05, 0.1) is 10.5 Å². The molecule has 2 aromatic carbocycles. The summed E-state index contributed by atoms with van der Waals surface area (Å²) in [6.07, 6.45) is 0. The lowest BCUT2D eigenvalue weighted by Gasteiger charge is -2.33. The molecule has 1 saturated heterocycles. The summed E-state index contributed by atoms with van der Waals surface area (Å²) in [6, 6.07) is 14.4. The molecule has 1 amide bonds. The zero-order valence-corrected chi connectivity index (χ0v) is 19.8. The van der Waals surface area contributed by atoms with Crippen LogP contribution >= 0.6 is 0 Å². The van der Waals surface area contributed by atoms with Gasteiger partial charge in [-0.1, -0.05) is 40.5 Å². The lowest BCUT2D eigenvalue weighted by molar-refractivity contribution is 0.0685. The van der Waals surface area contributed by atoms with Gasteiger partial charge in [-0.3, -0.25) is 4.79 Å². The molecule has 0 N–H and O–H groups in total. The molecule has 3 aromatic rings. The molecular weight excluding hydrogens is 442 g/mol. The van der Waals surface area contributed by atoms with E-state index >= 15 is 0 Å². The van der Waals surface area contributed by atoms with Gasteiger partial charge >= 0.3 is 0 Å². The molecule has 9 heteroatoms. The zero-order chi connectivity index (χ0) is 23.6. The number of hydrogen-bond donors (Lipinski definition) is 0. The summed E-state index contributed by atoms with van der Waals surface area (Å²) >= 11 is 0. The Bertz CT molecular complexity index is 1230. The van der Waals surface area contributed by atoms with Gasteiger partial charge in [-0.05, 0) is 45.0 Å². The summed E-state index contributed by atoms with van der Waals surface area (Å²) < 4.78 is 38.4. The summed E-state index contributed by atoms with van der Waals surface area (Å²) in [5, 5.41) is 3.96. The number of nitrogens with zero attached hydrogens (tertiary/aromatic N) is 3. The number of aryl methyl sites for hydroxylation is 3. The maximum Gasteiger partial charge on any atom is 0.276 e. The van der Waals surface area contributed by atoms with Crippen molar-refractivity contribution in [2.75, 3.05) is 26.2 Å². The van der Waals surface area contributed by atoms with E-state index in [0.29, 0.717) is 17.1 Å². The molecule has 1 aliphatic heterocycles. The number of carbonyl (C=O) groups excluding carboxylic acids is 1. The maximum atomic E-state index is 13.1. The number of sulfonamides is 1. The number of amides is 1. The third-order valence-electron chi connectivity index (χ3n) is 5.78. The molecular formula is C24H27N3O5S. The van der Waals surface area contributed by atoms with Crippen LogP contribution in [-0.2, 0) is 16.6 Å². The number of aromatic nitrogens is 1. The van der Waals surface area contributed by atoms with Gasteiger partial charge in [0.2, 0.25) is 10.0 Å². The molecule has 0 saturated carbocycles. The van der Waals surface area contributed by atoms with Crippen molar-refractivity contribution in [3.63, 3.8) is 0 Å². The van der Waals surface area contributed by atoms with Gasteiger partial charge in [0.25, 0.3) is 5.91 Å². The van der Waals surface area contributed by atoms with Crippen LogP contribution in [0.4, 0.5) is 0 Å². The van der Waals surface area contributed by atoms with Crippen LogP contribution in [0, 0.1) is 20.8 Å². The van der Waals surface area contributed by atoms with Crippen LogP contribution in [0.1, 0.15) is 32.9 Å². The molecule has 0 spiro atoms. The molecule has 0 bridgehead atoms. The predicted molar refractivity (Wildman–Crippen MR) is 123 cm³/mol. The highest BCUT2D eigenvalue weighted by Crippen LogP contribution is 2.22. The van der Waals surface area contributed by atoms with Crippen LogP contribution in [0.5, 0.6) is 5.75 Å². The molecule has 0 atom stereocenters. The predicted octanol–water partition coefficient (Wildman–Crippen LogP) is 3.33. The summed E-state index contributed by atoms with van der Waals surface area (Å²) in [4.78, 5) is 15.0. The Morgan fingerprint density at radius 2 is 1.52 bits per heavy atom. The monoisotopic (exact) mass is 469 g/mol. The zero-order valence-electron chi connectivity index (χ0n) is 18.9. The number of piperazine rings is 1. The van der Waals surface area contributed by atoms with Gasteiger partial charge in [0.15, 0.2) is 5.69 Å². The Morgan fingerprint density at radius 1 is 0.939 bits per heavy atom. The van der Waals surface area contributed by atoms with Crippen molar-refractivity contribution in [2.45, 2.75) is 32.3 Å². The van der Waals surface area contributed by atoms with Crippen LogP contribution in [0.3, 0.4) is 0 Å². The molecule has 1 aromatic heterocycles. The summed E-state index contributed by atoms with van der Waals surface area (Å²) in [5.74, 6) is 0.919. The molecule has 0 radical (unpaired) electrons. The molecule has 0 aliphatic carbocycles. The molecule has 1 fully saturated rings. The Morgan fingerprint density at radius 3 is 2.12 bits per heavy atom. The standard InChI is InChI=1S/C24H27N3O5S/c1-17-4-8-20(9-5-17)31-16-22-19(3)32-25-23(22)24(28)26-12-14-27(15-13-26)33(29,30)21-10-6-18(2)7-11-21/h4-11H,12-16H2,1-3H3. The van der Waals surface area contributed by atoms with E-state index in [4.69, 9.17) is 9.26 Å². The molecule has 0 unspecified atom stereocenters. The minimum atomic E-state index is -3.60. The van der Waals surface area contributed by atoms with Gasteiger partial charge in [0, 0.05) is 26.2 Å². The summed E-state index contributed by atoms with van der Waals surface area (Å²) in [7, 11) is -3.60. The average Bonchev–Trinajstić information content (AvgIpc) is 3.19. The van der Waals surface area contributed by atoms with Crippen LogP contribution in [0.25, 0.3) is 0 Å². The van der Waals surface area contributed by atoms with E-state index in [0.717, 1.165) is 11.1 Å². The highest BCUT2D eigenvalue weighted by molar-refractivity contribution is 7.89. The van der Waals surface area contributed by atoms with Gasteiger partial charge < -0.3 is 14.2 Å². The third-order valence-corrected chi connectivity index (χ3v) is 7.69. The maximum absolute atomic E-state index is 13.1. The number of carbonyl (C=O) groups is 1. The fourth-order valence-electron chi connectivity index (χ4n) is 3.66. The van der Waals surface area contributed by atoms with Crippen LogP contribution in [0.15, 0.2) is 57.9 Å². The van der Waals surface area contributed by atoms with Crippen molar-refractivity contribution < 1.29 is 22.5 Å². The highest BCUT2D eigenvalue weighted by atomic mass is 32.2. The SMILES string of the molecule is Cc1ccc(OCc2c(C(=O)N3CCN(S(=O)(=O)c4ccc(C)cc4)CC3)noc2C)cc1. The summed E-state index contributed by atoms with van der Waals surface area (Å²) in [5.41, 5.74) is 2.92. The molecule has 4 rings (SSSR count). The molecule has 33 heavy (non-hydrogen) atoms. The van der Waals surface area contributed by atoms with Crippen molar-refractivity contribution in [2.24, 2.45) is 0 Å². The van der Waals surface area contributed by atoms with E-state index in [2.05, 4.69) is 5.16 Å². The second-order valence-electron chi connectivity index (χ2n) is 8.18. The van der Waals surface area contributed by atoms with Crippen LogP contribution < -0.4 is 4.74 Å². The van der Waals surface area contributed by atoms with Crippen molar-refractivity contribution in [3.8, 4) is 5.75 Å². The molecule has 2 heterocycles. The molecule has 174 valence electrons. The number of ether oxygens (including phenoxy) is 1. The summed E-state index contributed by atoms with van der Waals surface area (Å²) in [6.45, 7) is 6.78. The first-order valence-electron chi connectivity index (χ1n) is 10.8.